The Morgan fingerprint density at radius 3 is 2.19 bits per heavy atom. The maximum Gasteiger partial charge on any atom is 0.251 e. The summed E-state index contributed by atoms with van der Waals surface area (Å²) >= 11 is 12.0. The molecule has 0 radical (unpaired) electrons. The molecule has 0 atom stereocenters. The fourth-order valence-corrected chi connectivity index (χ4v) is 6.69. The predicted molar refractivity (Wildman–Crippen MR) is 119 cm³/mol. The van der Waals surface area contributed by atoms with Crippen LogP contribution in [-0.2, 0) is 16.4 Å². The first-order valence-corrected chi connectivity index (χ1v) is 12.5. The van der Waals surface area contributed by atoms with Crippen LogP contribution in [0.1, 0.15) is 53.1 Å². The molecule has 0 bridgehead atoms. The van der Waals surface area contributed by atoms with Crippen molar-refractivity contribution in [3.05, 3.63) is 62.9 Å². The Morgan fingerprint density at radius 1 is 1.03 bits per heavy atom. The third-order valence-electron chi connectivity index (χ3n) is 6.04. The number of amides is 1. The normalized spacial score (nSPS) is 18.3. The number of benzene rings is 2. The second-order valence-corrected chi connectivity index (χ2v) is 11.4. The molecule has 2 aromatic carbocycles. The lowest BCUT2D eigenvalue weighted by molar-refractivity contribution is 0.0996. The highest BCUT2D eigenvalue weighted by Crippen LogP contribution is 2.43. The largest absolute Gasteiger partial charge is 0.366 e. The monoisotopic (exact) mass is 484 g/mol. The molecule has 1 saturated heterocycles. The molecule has 1 aliphatic heterocycles. The molecule has 2 fully saturated rings. The molecule has 2 N–H and O–H groups in total. The molecule has 31 heavy (non-hydrogen) atoms. The molecule has 1 amide bonds. The summed E-state index contributed by atoms with van der Waals surface area (Å²) in [6, 6.07) is 7.36. The Balaban J connectivity index is 1.47. The van der Waals surface area contributed by atoms with E-state index in [1.54, 1.807) is 6.07 Å². The highest BCUT2D eigenvalue weighted by molar-refractivity contribution is 7.92. The molecular formula is C22H23Cl2FN2O3S. The summed E-state index contributed by atoms with van der Waals surface area (Å²) in [7, 11) is -3.54. The molecule has 2 aliphatic rings. The molecule has 0 spiro atoms. The van der Waals surface area contributed by atoms with Crippen molar-refractivity contribution in [2.24, 2.45) is 5.73 Å². The van der Waals surface area contributed by atoms with Crippen molar-refractivity contribution < 1.29 is 17.6 Å². The van der Waals surface area contributed by atoms with Gasteiger partial charge in [0, 0.05) is 16.6 Å². The lowest BCUT2D eigenvalue weighted by Crippen LogP contribution is -2.39. The van der Waals surface area contributed by atoms with Crippen LogP contribution in [-0.4, -0.2) is 37.6 Å². The van der Waals surface area contributed by atoms with Crippen molar-refractivity contribution in [1.82, 2.24) is 4.90 Å². The third-order valence-corrected chi connectivity index (χ3v) is 8.72. The summed E-state index contributed by atoms with van der Waals surface area (Å²) in [6.07, 6.45) is 2.96. The standard InChI is InChI=1S/C22H23Cl2FN2O3S/c23-15-8-16(24)10-18(9-15)31(29,30)17-3-5-27(6-4-17)12-14-7-21(25)20(22(26)28)11-19(14)13-1-2-13/h7-11,13,17H,1-6,12H2,(H2,26,28). The van der Waals surface area contributed by atoms with Gasteiger partial charge in [-0.1, -0.05) is 23.2 Å². The maximum atomic E-state index is 14.4. The highest BCUT2D eigenvalue weighted by Gasteiger charge is 2.33. The number of likely N-dealkylation sites (tertiary alicyclic amines) is 1. The third kappa shape index (κ3) is 4.90. The minimum absolute atomic E-state index is 0.0735. The average Bonchev–Trinajstić information content (AvgIpc) is 3.52. The molecule has 1 aliphatic carbocycles. The van der Waals surface area contributed by atoms with E-state index in [0.29, 0.717) is 38.4 Å². The summed E-state index contributed by atoms with van der Waals surface area (Å²) in [5.74, 6) is -1.04. The Bertz CT molecular complexity index is 1110. The summed E-state index contributed by atoms with van der Waals surface area (Å²) in [4.78, 5) is 13.8. The van der Waals surface area contributed by atoms with E-state index >= 15 is 0 Å². The van der Waals surface area contributed by atoms with Crippen molar-refractivity contribution in [3.8, 4) is 0 Å². The molecule has 0 unspecified atom stereocenters. The molecular weight excluding hydrogens is 462 g/mol. The SMILES string of the molecule is NC(=O)c1cc(C2CC2)c(CN2CCC(S(=O)(=O)c3cc(Cl)cc(Cl)c3)CC2)cc1F. The van der Waals surface area contributed by atoms with Gasteiger partial charge in [0.1, 0.15) is 5.82 Å². The molecule has 2 aromatic rings. The number of sulfone groups is 1. The van der Waals surface area contributed by atoms with Crippen molar-refractivity contribution >= 4 is 38.9 Å². The van der Waals surface area contributed by atoms with E-state index in [4.69, 9.17) is 28.9 Å². The minimum atomic E-state index is -3.54. The molecule has 0 aromatic heterocycles. The molecule has 166 valence electrons. The van der Waals surface area contributed by atoms with Crippen molar-refractivity contribution in [1.29, 1.82) is 0 Å². The Morgan fingerprint density at radius 2 is 1.65 bits per heavy atom. The number of piperidine rings is 1. The second-order valence-electron chi connectivity index (χ2n) is 8.30. The quantitative estimate of drug-likeness (QED) is 0.651. The van der Waals surface area contributed by atoms with E-state index < -0.39 is 26.8 Å². The van der Waals surface area contributed by atoms with Crippen LogP contribution in [0, 0.1) is 5.82 Å². The van der Waals surface area contributed by atoms with Gasteiger partial charge in [-0.3, -0.25) is 9.69 Å². The number of hydrogen-bond donors (Lipinski definition) is 1. The van der Waals surface area contributed by atoms with Gasteiger partial charge < -0.3 is 5.73 Å². The Labute approximate surface area is 191 Å². The summed E-state index contributed by atoms with van der Waals surface area (Å²) in [5, 5.41) is 0.0604. The van der Waals surface area contributed by atoms with Gasteiger partial charge in [0.2, 0.25) is 0 Å². The van der Waals surface area contributed by atoms with E-state index in [1.165, 1.54) is 24.3 Å². The lowest BCUT2D eigenvalue weighted by Gasteiger charge is -2.32. The van der Waals surface area contributed by atoms with Crippen molar-refractivity contribution in [2.75, 3.05) is 13.1 Å². The number of carbonyl (C=O) groups is 1. The van der Waals surface area contributed by atoms with Crippen LogP contribution < -0.4 is 5.73 Å². The first-order valence-electron chi connectivity index (χ1n) is 10.2. The number of rotatable bonds is 6. The molecule has 5 nitrogen and oxygen atoms in total. The maximum absolute atomic E-state index is 14.4. The number of primary amides is 1. The smallest absolute Gasteiger partial charge is 0.251 e. The first-order chi connectivity index (χ1) is 14.6. The fourth-order valence-electron chi connectivity index (χ4n) is 4.24. The molecule has 1 saturated carbocycles. The molecule has 1 heterocycles. The van der Waals surface area contributed by atoms with Gasteiger partial charge in [0.15, 0.2) is 9.84 Å². The number of nitrogens with zero attached hydrogens (tertiary/aromatic N) is 1. The number of halogens is 3. The topological polar surface area (TPSA) is 80.5 Å². The summed E-state index contributed by atoms with van der Waals surface area (Å²) in [6.45, 7) is 1.65. The van der Waals surface area contributed by atoms with Crippen molar-refractivity contribution in [2.45, 2.75) is 48.3 Å². The number of hydrogen-bond acceptors (Lipinski definition) is 4. The Kier molecular flexibility index (Phi) is 6.32. The van der Waals surface area contributed by atoms with Crippen LogP contribution in [0.4, 0.5) is 4.39 Å². The van der Waals surface area contributed by atoms with Gasteiger partial charge in [-0.15, -0.1) is 0 Å². The van der Waals surface area contributed by atoms with Crippen LogP contribution in [0.15, 0.2) is 35.2 Å². The van der Waals surface area contributed by atoms with Gasteiger partial charge >= 0.3 is 0 Å². The van der Waals surface area contributed by atoms with Crippen LogP contribution in [0.25, 0.3) is 0 Å². The van der Waals surface area contributed by atoms with Crippen LogP contribution in [0.5, 0.6) is 0 Å². The fraction of sp³-hybridized carbons (Fsp3) is 0.409. The summed E-state index contributed by atoms with van der Waals surface area (Å²) < 4.78 is 40.4. The van der Waals surface area contributed by atoms with Gasteiger partial charge in [-0.05, 0) is 86.1 Å². The van der Waals surface area contributed by atoms with Gasteiger partial charge in [-0.25, -0.2) is 12.8 Å². The van der Waals surface area contributed by atoms with Crippen LogP contribution in [0.3, 0.4) is 0 Å². The number of nitrogens with two attached hydrogens (primary N) is 1. The number of carbonyl (C=O) groups excluding carboxylic acids is 1. The van der Waals surface area contributed by atoms with E-state index in [9.17, 15) is 17.6 Å². The van der Waals surface area contributed by atoms with E-state index in [1.807, 2.05) is 0 Å². The average molecular weight is 485 g/mol. The first kappa shape index (κ1) is 22.5. The van der Waals surface area contributed by atoms with E-state index in [-0.39, 0.29) is 20.5 Å². The minimum Gasteiger partial charge on any atom is -0.366 e. The highest BCUT2D eigenvalue weighted by atomic mass is 35.5. The van der Waals surface area contributed by atoms with Gasteiger partial charge in [0.05, 0.1) is 15.7 Å². The zero-order valence-corrected chi connectivity index (χ0v) is 19.1. The zero-order valence-electron chi connectivity index (χ0n) is 16.8. The van der Waals surface area contributed by atoms with Crippen LogP contribution in [0.2, 0.25) is 10.0 Å². The Hall–Kier alpha value is -1.67. The van der Waals surface area contributed by atoms with Gasteiger partial charge in [-0.2, -0.15) is 0 Å². The van der Waals surface area contributed by atoms with Crippen LogP contribution >= 0.6 is 23.2 Å². The van der Waals surface area contributed by atoms with Gasteiger partial charge in [0.25, 0.3) is 5.91 Å². The van der Waals surface area contributed by atoms with E-state index in [0.717, 1.165) is 24.0 Å². The summed E-state index contributed by atoms with van der Waals surface area (Å²) in [5.41, 5.74) is 7.04. The van der Waals surface area contributed by atoms with E-state index in [2.05, 4.69) is 4.90 Å². The predicted octanol–water partition coefficient (Wildman–Crippen LogP) is 4.55. The lowest BCUT2D eigenvalue weighted by atomic mass is 9.98. The zero-order chi connectivity index (χ0) is 22.3. The molecule has 9 heteroatoms. The molecule has 4 rings (SSSR count). The second kappa shape index (κ2) is 8.70. The van der Waals surface area contributed by atoms with Crippen molar-refractivity contribution in [3.63, 3.8) is 0 Å².